The number of carbonyl (C=O) groups excluding carboxylic acids is 3. The number of carbonyl (C=O) groups is 3. The maximum Gasteiger partial charge on any atom is 0.220 e. The summed E-state index contributed by atoms with van der Waals surface area (Å²) in [7, 11) is 0. The molecule has 0 radical (unpaired) electrons. The highest BCUT2D eigenvalue weighted by molar-refractivity contribution is 5.86. The van der Waals surface area contributed by atoms with Crippen LogP contribution in [-0.4, -0.2) is 17.5 Å². The Hall–Kier alpha value is -1.97. The summed E-state index contributed by atoms with van der Waals surface area (Å²) in [6, 6.07) is 10.3. The molecule has 0 aliphatic heterocycles. The molecule has 0 spiro atoms. The van der Waals surface area contributed by atoms with E-state index in [4.69, 9.17) is 0 Å². The molecule has 1 aromatic carbocycles. The number of hydrogen-bond acceptors (Lipinski definition) is 3. The molecule has 0 unspecified atom stereocenters. The number of fused-ring (bicyclic) bond motifs is 5. The lowest BCUT2D eigenvalue weighted by Gasteiger charge is -2.59. The second-order valence-electron chi connectivity index (χ2n) is 13.2. The number of benzene rings is 1. The van der Waals surface area contributed by atoms with Crippen molar-refractivity contribution >= 4 is 17.5 Å². The Morgan fingerprint density at radius 1 is 1.00 bits per heavy atom. The van der Waals surface area contributed by atoms with E-state index in [9.17, 15) is 14.4 Å². The minimum absolute atomic E-state index is 0.0594. The fraction of sp³-hybridized carbons (Fsp3) is 0.719. The molecular weight excluding hydrogens is 446 g/mol. The molecule has 1 amide bonds. The average molecular weight is 492 g/mol. The largest absolute Gasteiger partial charge is 0.349 e. The van der Waals surface area contributed by atoms with Crippen LogP contribution in [0.3, 0.4) is 0 Å². The number of hydrogen-bond donors (Lipinski definition) is 1. The third kappa shape index (κ3) is 4.27. The molecule has 4 aliphatic carbocycles. The lowest BCUT2D eigenvalue weighted by atomic mass is 9.44. The van der Waals surface area contributed by atoms with Crippen LogP contribution in [0.25, 0.3) is 0 Å². The van der Waals surface area contributed by atoms with Crippen LogP contribution in [0.15, 0.2) is 30.3 Å². The lowest BCUT2D eigenvalue weighted by Crippen LogP contribution is -2.57. The predicted molar refractivity (Wildman–Crippen MR) is 142 cm³/mol. The Labute approximate surface area is 217 Å². The van der Waals surface area contributed by atoms with Crippen molar-refractivity contribution in [3.63, 3.8) is 0 Å². The highest BCUT2D eigenvalue weighted by Crippen LogP contribution is 2.67. The average Bonchev–Trinajstić information content (AvgIpc) is 3.21. The van der Waals surface area contributed by atoms with Crippen LogP contribution in [0, 0.1) is 46.3 Å². The van der Waals surface area contributed by atoms with Crippen LogP contribution in [-0.2, 0) is 14.4 Å². The zero-order valence-corrected chi connectivity index (χ0v) is 22.7. The Morgan fingerprint density at radius 2 is 1.72 bits per heavy atom. The van der Waals surface area contributed by atoms with Gasteiger partial charge in [0.1, 0.15) is 11.6 Å². The predicted octanol–water partition coefficient (Wildman–Crippen LogP) is 6.69. The minimum Gasteiger partial charge on any atom is -0.349 e. The van der Waals surface area contributed by atoms with Crippen LogP contribution in [0.5, 0.6) is 0 Å². The number of nitrogens with one attached hydrogen (secondary N) is 1. The summed E-state index contributed by atoms with van der Waals surface area (Å²) in [6.07, 6.45) is 8.82. The number of amides is 1. The molecule has 0 heterocycles. The van der Waals surface area contributed by atoms with Crippen molar-refractivity contribution in [1.82, 2.24) is 5.32 Å². The van der Waals surface area contributed by atoms with Gasteiger partial charge >= 0.3 is 0 Å². The van der Waals surface area contributed by atoms with Gasteiger partial charge in [-0.25, -0.2) is 0 Å². The molecule has 36 heavy (non-hydrogen) atoms. The van der Waals surface area contributed by atoms with Crippen molar-refractivity contribution in [2.45, 2.75) is 97.9 Å². The summed E-state index contributed by atoms with van der Waals surface area (Å²) in [4.78, 5) is 38.9. The molecule has 4 saturated carbocycles. The fourth-order valence-electron chi connectivity index (χ4n) is 9.49. The van der Waals surface area contributed by atoms with Crippen molar-refractivity contribution in [1.29, 1.82) is 0 Å². The van der Waals surface area contributed by atoms with Crippen LogP contribution >= 0.6 is 0 Å². The van der Waals surface area contributed by atoms with Gasteiger partial charge in [-0.15, -0.1) is 0 Å². The van der Waals surface area contributed by atoms with Gasteiger partial charge < -0.3 is 5.32 Å². The third-order valence-electron chi connectivity index (χ3n) is 11.5. The molecule has 0 bridgehead atoms. The fourth-order valence-corrected chi connectivity index (χ4v) is 9.49. The monoisotopic (exact) mass is 491 g/mol. The standard InChI is InChI=1S/C32H45NO3/c1-5-27(21-9-7-6-8-10-21)33-29(36)17-20(2)24-11-12-25-30-26(14-16-32(24,25)4)31(3)15-13-23(34)18-22(31)19-28(30)35/h6-10,20,22,24-27,30H,5,11-19H2,1-4H3,(H,33,36)/t20-,22+,24-,25+,26+,27-,30+,31+,32-/m1/s1. The topological polar surface area (TPSA) is 63.2 Å². The van der Waals surface area contributed by atoms with E-state index in [1.165, 1.54) is 5.56 Å². The minimum atomic E-state index is 0.0594. The molecule has 1 N–H and O–H groups in total. The molecule has 1 aromatic rings. The number of ketones is 2. The zero-order valence-electron chi connectivity index (χ0n) is 22.7. The Kier molecular flexibility index (Phi) is 6.93. The Bertz CT molecular complexity index is 1000. The van der Waals surface area contributed by atoms with Crippen molar-refractivity contribution in [2.75, 3.05) is 0 Å². The van der Waals surface area contributed by atoms with Gasteiger partial charge in [-0.05, 0) is 84.5 Å². The van der Waals surface area contributed by atoms with E-state index in [-0.39, 0.29) is 34.6 Å². The van der Waals surface area contributed by atoms with E-state index in [1.54, 1.807) is 0 Å². The molecule has 9 atom stereocenters. The molecule has 4 aliphatic rings. The second-order valence-corrected chi connectivity index (χ2v) is 13.2. The van der Waals surface area contributed by atoms with E-state index in [2.05, 4.69) is 45.1 Å². The smallest absolute Gasteiger partial charge is 0.220 e. The van der Waals surface area contributed by atoms with Gasteiger partial charge in [-0.1, -0.05) is 58.0 Å². The summed E-state index contributed by atoms with van der Waals surface area (Å²) in [5, 5.41) is 3.29. The Morgan fingerprint density at radius 3 is 2.44 bits per heavy atom. The molecule has 5 rings (SSSR count). The summed E-state index contributed by atoms with van der Waals surface area (Å²) < 4.78 is 0. The lowest BCUT2D eigenvalue weighted by molar-refractivity contribution is -0.159. The third-order valence-corrected chi connectivity index (χ3v) is 11.5. The summed E-state index contributed by atoms with van der Waals surface area (Å²) >= 11 is 0. The van der Waals surface area contributed by atoms with Crippen LogP contribution in [0.1, 0.15) is 104 Å². The zero-order chi connectivity index (χ0) is 25.7. The molecule has 4 fully saturated rings. The maximum absolute atomic E-state index is 13.6. The first kappa shape index (κ1) is 25.7. The van der Waals surface area contributed by atoms with Crippen molar-refractivity contribution < 1.29 is 14.4 Å². The number of Topliss-reactive ketones (excluding diaryl/α,β-unsaturated/α-hetero) is 2. The normalized spacial score (nSPS) is 39.5. The van der Waals surface area contributed by atoms with Gasteiger partial charge in [-0.2, -0.15) is 0 Å². The second kappa shape index (κ2) is 9.72. The quantitative estimate of drug-likeness (QED) is 0.482. The SMILES string of the molecule is CC[C@@H](NC(=O)C[C@@H](C)[C@H]1CC[C@H]2[C@@H]3C(=O)C[C@@H]4CC(=O)CC[C@]4(C)[C@H]3CC[C@]12C)c1ccccc1. The first-order valence-electron chi connectivity index (χ1n) is 14.6. The molecule has 4 nitrogen and oxygen atoms in total. The van der Waals surface area contributed by atoms with E-state index in [0.29, 0.717) is 60.9 Å². The molecule has 196 valence electrons. The molecule has 4 heteroatoms. The van der Waals surface area contributed by atoms with Crippen molar-refractivity contribution in [3.05, 3.63) is 35.9 Å². The molecule has 0 saturated heterocycles. The van der Waals surface area contributed by atoms with Crippen LogP contribution < -0.4 is 5.32 Å². The molecule has 0 aromatic heterocycles. The molecular formula is C32H45NO3. The summed E-state index contributed by atoms with van der Waals surface area (Å²) in [5.41, 5.74) is 1.44. The van der Waals surface area contributed by atoms with Crippen LogP contribution in [0.4, 0.5) is 0 Å². The first-order chi connectivity index (χ1) is 17.2. The van der Waals surface area contributed by atoms with E-state index in [0.717, 1.165) is 38.5 Å². The van der Waals surface area contributed by atoms with E-state index < -0.39 is 0 Å². The summed E-state index contributed by atoms with van der Waals surface area (Å²) in [6.45, 7) is 9.22. The highest BCUT2D eigenvalue weighted by atomic mass is 16.2. The van der Waals surface area contributed by atoms with Crippen molar-refractivity contribution in [3.8, 4) is 0 Å². The van der Waals surface area contributed by atoms with Gasteiger partial charge in [0, 0.05) is 31.6 Å². The van der Waals surface area contributed by atoms with Gasteiger partial charge in [0.15, 0.2) is 0 Å². The summed E-state index contributed by atoms with van der Waals surface area (Å²) in [5.74, 6) is 3.01. The maximum atomic E-state index is 13.6. The van der Waals surface area contributed by atoms with Crippen molar-refractivity contribution in [2.24, 2.45) is 46.3 Å². The van der Waals surface area contributed by atoms with Gasteiger partial charge in [0.25, 0.3) is 0 Å². The number of rotatable bonds is 6. The first-order valence-corrected chi connectivity index (χ1v) is 14.6. The van der Waals surface area contributed by atoms with E-state index >= 15 is 0 Å². The van der Waals surface area contributed by atoms with Gasteiger partial charge in [0.2, 0.25) is 5.91 Å². The van der Waals surface area contributed by atoms with Gasteiger partial charge in [0.05, 0.1) is 6.04 Å². The Balaban J connectivity index is 1.28. The van der Waals surface area contributed by atoms with E-state index in [1.807, 2.05) is 18.2 Å². The highest BCUT2D eigenvalue weighted by Gasteiger charge is 2.63. The van der Waals surface area contributed by atoms with Crippen LogP contribution in [0.2, 0.25) is 0 Å². The van der Waals surface area contributed by atoms with Gasteiger partial charge in [-0.3, -0.25) is 14.4 Å².